The molecule has 1 N–H and O–H groups in total. The van der Waals surface area contributed by atoms with Gasteiger partial charge in [-0.25, -0.2) is 0 Å². The van der Waals surface area contributed by atoms with E-state index in [0.717, 1.165) is 43.0 Å². The molecule has 1 fully saturated rings. The summed E-state index contributed by atoms with van der Waals surface area (Å²) < 4.78 is 17.1. The number of nitrogens with one attached hydrogen (secondary N) is 1. The molecule has 2 rings (SSSR count). The highest BCUT2D eigenvalue weighted by atomic mass is 16.5. The summed E-state index contributed by atoms with van der Waals surface area (Å²) in [6.45, 7) is 4.97. The third-order valence-electron chi connectivity index (χ3n) is 3.75. The van der Waals surface area contributed by atoms with E-state index in [4.69, 9.17) is 14.2 Å². The highest BCUT2D eigenvalue weighted by Gasteiger charge is 2.20. The Hall–Kier alpha value is -1.26. The van der Waals surface area contributed by atoms with Gasteiger partial charge >= 0.3 is 0 Å². The van der Waals surface area contributed by atoms with E-state index in [0.29, 0.717) is 19.3 Å². The number of hydrogen-bond acceptors (Lipinski definition) is 4. The number of hydrogen-bond donors (Lipinski definition) is 1. The summed E-state index contributed by atoms with van der Waals surface area (Å²) in [5, 5.41) is 3.38. The van der Waals surface area contributed by atoms with Crippen molar-refractivity contribution in [2.45, 2.75) is 45.3 Å². The van der Waals surface area contributed by atoms with Crippen molar-refractivity contribution in [3.05, 3.63) is 23.8 Å². The van der Waals surface area contributed by atoms with Gasteiger partial charge in [-0.15, -0.1) is 0 Å². The van der Waals surface area contributed by atoms with Crippen LogP contribution in [0.4, 0.5) is 0 Å². The lowest BCUT2D eigenvalue weighted by Gasteiger charge is -2.20. The molecule has 0 aromatic heterocycles. The summed E-state index contributed by atoms with van der Waals surface area (Å²) in [5.41, 5.74) is 1.16. The maximum absolute atomic E-state index is 6.25. The molecule has 0 saturated heterocycles. The van der Waals surface area contributed by atoms with Crippen molar-refractivity contribution in [3.8, 4) is 11.5 Å². The second kappa shape index (κ2) is 8.90. The van der Waals surface area contributed by atoms with E-state index in [-0.39, 0.29) is 0 Å². The van der Waals surface area contributed by atoms with Crippen molar-refractivity contribution in [3.63, 3.8) is 0 Å². The van der Waals surface area contributed by atoms with Crippen LogP contribution in [-0.4, -0.2) is 33.0 Å². The minimum Gasteiger partial charge on any atom is -0.490 e. The lowest BCUT2D eigenvalue weighted by atomic mass is 10.1. The average Bonchev–Trinajstić information content (AvgIpc) is 3.00. The first kappa shape index (κ1) is 16.1. The topological polar surface area (TPSA) is 39.7 Å². The molecule has 1 aromatic carbocycles. The Labute approximate surface area is 127 Å². The van der Waals surface area contributed by atoms with Crippen LogP contribution < -0.4 is 14.8 Å². The standard InChI is InChI=1S/C17H27NO3/c1-3-20-16-10-6-7-14(13-18-11-12-19-2)17(16)21-15-8-4-5-9-15/h6-7,10,15,18H,3-5,8-9,11-13H2,1-2H3. The number of benzene rings is 1. The molecule has 1 aliphatic rings. The average molecular weight is 293 g/mol. The first-order valence-electron chi connectivity index (χ1n) is 7.96. The summed E-state index contributed by atoms with van der Waals surface area (Å²) >= 11 is 0. The monoisotopic (exact) mass is 293 g/mol. The summed E-state index contributed by atoms with van der Waals surface area (Å²) in [7, 11) is 1.71. The fourth-order valence-corrected chi connectivity index (χ4v) is 2.67. The molecule has 0 bridgehead atoms. The molecule has 118 valence electrons. The van der Waals surface area contributed by atoms with Crippen molar-refractivity contribution < 1.29 is 14.2 Å². The largest absolute Gasteiger partial charge is 0.490 e. The summed E-state index contributed by atoms with van der Waals surface area (Å²) in [4.78, 5) is 0. The highest BCUT2D eigenvalue weighted by Crippen LogP contribution is 2.35. The molecule has 0 radical (unpaired) electrons. The van der Waals surface area contributed by atoms with E-state index in [2.05, 4.69) is 11.4 Å². The maximum atomic E-state index is 6.25. The van der Waals surface area contributed by atoms with Gasteiger partial charge in [0.05, 0.1) is 19.3 Å². The van der Waals surface area contributed by atoms with Crippen LogP contribution in [-0.2, 0) is 11.3 Å². The zero-order valence-corrected chi connectivity index (χ0v) is 13.2. The minimum absolute atomic E-state index is 0.337. The fourth-order valence-electron chi connectivity index (χ4n) is 2.67. The normalized spacial score (nSPS) is 15.3. The van der Waals surface area contributed by atoms with Gasteiger partial charge in [0, 0.05) is 25.8 Å². The first-order valence-corrected chi connectivity index (χ1v) is 7.96. The zero-order valence-electron chi connectivity index (χ0n) is 13.2. The van der Waals surface area contributed by atoms with Crippen LogP contribution >= 0.6 is 0 Å². The Bertz CT molecular complexity index is 416. The molecular weight excluding hydrogens is 266 g/mol. The maximum Gasteiger partial charge on any atom is 0.166 e. The number of rotatable bonds is 9. The van der Waals surface area contributed by atoms with Gasteiger partial charge < -0.3 is 19.5 Å². The van der Waals surface area contributed by atoms with Gasteiger partial charge in [0.2, 0.25) is 0 Å². The van der Waals surface area contributed by atoms with Crippen molar-refractivity contribution in [2.24, 2.45) is 0 Å². The SMILES string of the molecule is CCOc1cccc(CNCCOC)c1OC1CCCC1. The van der Waals surface area contributed by atoms with Crippen LogP contribution in [0.15, 0.2) is 18.2 Å². The molecule has 0 unspecified atom stereocenters. The Kier molecular flexibility index (Phi) is 6.83. The van der Waals surface area contributed by atoms with E-state index in [9.17, 15) is 0 Å². The molecule has 1 aromatic rings. The Morgan fingerprint density at radius 2 is 2.05 bits per heavy atom. The van der Waals surface area contributed by atoms with Gasteiger partial charge in [0.15, 0.2) is 11.5 Å². The van der Waals surface area contributed by atoms with Gasteiger partial charge in [0.1, 0.15) is 0 Å². The third kappa shape index (κ3) is 4.90. The van der Waals surface area contributed by atoms with Gasteiger partial charge in [-0.1, -0.05) is 12.1 Å². The molecule has 4 heteroatoms. The molecule has 0 amide bonds. The van der Waals surface area contributed by atoms with Crippen molar-refractivity contribution in [1.82, 2.24) is 5.32 Å². The minimum atomic E-state index is 0.337. The molecule has 0 spiro atoms. The zero-order chi connectivity index (χ0) is 14.9. The number of methoxy groups -OCH3 is 1. The van der Waals surface area contributed by atoms with Crippen LogP contribution in [0.1, 0.15) is 38.2 Å². The van der Waals surface area contributed by atoms with Crippen LogP contribution in [0.5, 0.6) is 11.5 Å². The van der Waals surface area contributed by atoms with Crippen LogP contribution in [0.25, 0.3) is 0 Å². The molecule has 0 aliphatic heterocycles. The van der Waals surface area contributed by atoms with E-state index in [1.165, 1.54) is 12.8 Å². The molecule has 0 atom stereocenters. The number of para-hydroxylation sites is 1. The summed E-state index contributed by atoms with van der Waals surface area (Å²) in [6.07, 6.45) is 5.17. The molecule has 4 nitrogen and oxygen atoms in total. The van der Waals surface area contributed by atoms with Gasteiger partial charge in [-0.05, 0) is 38.7 Å². The first-order chi connectivity index (χ1) is 10.3. The number of ether oxygens (including phenoxy) is 3. The van der Waals surface area contributed by atoms with E-state index < -0.39 is 0 Å². The van der Waals surface area contributed by atoms with Crippen LogP contribution in [0.2, 0.25) is 0 Å². The predicted octanol–water partition coefficient (Wildman–Crippen LogP) is 3.14. The van der Waals surface area contributed by atoms with Crippen molar-refractivity contribution in [2.75, 3.05) is 26.9 Å². The summed E-state index contributed by atoms with van der Waals surface area (Å²) in [5.74, 6) is 1.77. The molecule has 1 saturated carbocycles. The lowest BCUT2D eigenvalue weighted by molar-refractivity contribution is 0.191. The summed E-state index contributed by atoms with van der Waals surface area (Å²) in [6, 6.07) is 6.12. The van der Waals surface area contributed by atoms with Crippen LogP contribution in [0.3, 0.4) is 0 Å². The molecule has 0 heterocycles. The molecular formula is C17H27NO3. The van der Waals surface area contributed by atoms with Gasteiger partial charge in [-0.2, -0.15) is 0 Å². The van der Waals surface area contributed by atoms with Crippen LogP contribution in [0, 0.1) is 0 Å². The van der Waals surface area contributed by atoms with E-state index in [1.807, 2.05) is 19.1 Å². The smallest absolute Gasteiger partial charge is 0.166 e. The van der Waals surface area contributed by atoms with E-state index >= 15 is 0 Å². The second-order valence-electron chi connectivity index (χ2n) is 5.37. The second-order valence-corrected chi connectivity index (χ2v) is 5.37. The Balaban J connectivity index is 2.06. The highest BCUT2D eigenvalue weighted by molar-refractivity contribution is 5.46. The van der Waals surface area contributed by atoms with Gasteiger partial charge in [0.25, 0.3) is 0 Å². The van der Waals surface area contributed by atoms with Crippen molar-refractivity contribution >= 4 is 0 Å². The van der Waals surface area contributed by atoms with E-state index in [1.54, 1.807) is 7.11 Å². The quantitative estimate of drug-likeness (QED) is 0.710. The Morgan fingerprint density at radius 1 is 1.24 bits per heavy atom. The molecule has 21 heavy (non-hydrogen) atoms. The predicted molar refractivity (Wildman–Crippen MR) is 84.1 cm³/mol. The Morgan fingerprint density at radius 3 is 2.76 bits per heavy atom. The van der Waals surface area contributed by atoms with Gasteiger partial charge in [-0.3, -0.25) is 0 Å². The fraction of sp³-hybridized carbons (Fsp3) is 0.647. The lowest BCUT2D eigenvalue weighted by Crippen LogP contribution is -2.20. The molecule has 1 aliphatic carbocycles. The third-order valence-corrected chi connectivity index (χ3v) is 3.75. The van der Waals surface area contributed by atoms with Crippen molar-refractivity contribution in [1.29, 1.82) is 0 Å².